The number of hydrogen-bond acceptors (Lipinski definition) is 29. The van der Waals surface area contributed by atoms with Gasteiger partial charge in [-0.2, -0.15) is 86.4 Å². The van der Waals surface area contributed by atoms with E-state index in [1.54, 1.807) is 37.3 Å². The number of hydroxylamine groups is 8. The maximum Gasteiger partial charge on any atom is 0.525 e. The molecule has 8 amide bonds. The SMILES string of the molecule is CCOCCOc1cc2c3c(cccc3c1)C(=O)N(OS(=O)(=O)C(F)(F)F)C2=O.CCOCOCCOc1ccc2c3c(cccc13)C(=O)N(OS(=O)(=O)C(F)(F)F)C2=O.O=C1c2cccc3c(SCCO)ccc(c23)C(=O)N1OS(=O)(=O)C(F)(F)F.O=C1c2cccc3cc(SCCO)cc(c23)C(=O)N1OS(=O)(=O)C(F)(F)F. The summed E-state index contributed by atoms with van der Waals surface area (Å²) in [6.45, 7) is 5.09. The Morgan fingerprint density at radius 2 is 0.711 bits per heavy atom. The first-order valence-corrected chi connectivity index (χ1v) is 39.2. The molecule has 49 heteroatoms. The Balaban J connectivity index is 0.000000174. The topological polar surface area (TPSA) is 410 Å². The number of imide groups is 4. The lowest BCUT2D eigenvalue weighted by atomic mass is 9.94. The zero-order valence-electron chi connectivity index (χ0n) is 57.2. The molecule has 31 nitrogen and oxygen atoms in total. The third kappa shape index (κ3) is 18.5. The largest absolute Gasteiger partial charge is 0.525 e. The van der Waals surface area contributed by atoms with E-state index in [1.807, 2.05) is 6.92 Å². The number of amides is 8. The van der Waals surface area contributed by atoms with Crippen molar-refractivity contribution >= 4 is 154 Å². The average Bonchev–Trinajstić information content (AvgIpc) is 0.844. The quantitative estimate of drug-likeness (QED) is 0.0127. The van der Waals surface area contributed by atoms with Crippen molar-refractivity contribution in [2.24, 2.45) is 0 Å². The van der Waals surface area contributed by atoms with Crippen LogP contribution < -0.4 is 9.47 Å². The van der Waals surface area contributed by atoms with Gasteiger partial charge in [-0.15, -0.1) is 60.9 Å². The number of aliphatic hydroxyl groups is 2. The summed E-state index contributed by atoms with van der Waals surface area (Å²) in [6, 6.07) is 28.0. The first kappa shape index (κ1) is 88.2. The molecule has 8 aromatic carbocycles. The number of aliphatic hydroxyl groups excluding tert-OH is 2. The molecule has 612 valence electrons. The fourth-order valence-electron chi connectivity index (χ4n) is 10.6. The second-order valence-corrected chi connectivity index (χ2v) is 30.9. The summed E-state index contributed by atoms with van der Waals surface area (Å²) in [5, 5.41) is 18.6. The van der Waals surface area contributed by atoms with Crippen molar-refractivity contribution in [1.29, 1.82) is 0 Å². The summed E-state index contributed by atoms with van der Waals surface area (Å²) < 4.78 is 283. The van der Waals surface area contributed by atoms with Gasteiger partial charge in [0.25, 0.3) is 47.3 Å². The Bertz CT molecular complexity index is 5640. The highest BCUT2D eigenvalue weighted by Gasteiger charge is 2.56. The molecule has 0 aliphatic carbocycles. The monoisotopic (exact) mass is 1740 g/mol. The van der Waals surface area contributed by atoms with Crippen molar-refractivity contribution in [3.63, 3.8) is 0 Å². The van der Waals surface area contributed by atoms with Crippen LogP contribution in [0, 0.1) is 0 Å². The summed E-state index contributed by atoms with van der Waals surface area (Å²) in [6.07, 6.45) is 0. The van der Waals surface area contributed by atoms with Crippen LogP contribution in [-0.4, -0.2) is 205 Å². The normalized spacial score (nSPS) is 14.7. The molecule has 12 rings (SSSR count). The van der Waals surface area contributed by atoms with Gasteiger partial charge < -0.3 is 33.9 Å². The van der Waals surface area contributed by atoms with Crippen LogP contribution in [0.5, 0.6) is 11.5 Å². The van der Waals surface area contributed by atoms with E-state index in [0.717, 1.165) is 0 Å². The summed E-state index contributed by atoms with van der Waals surface area (Å²) in [7, 11) is -24.9. The number of halogens is 12. The molecule has 4 aliphatic heterocycles. The first-order valence-electron chi connectivity index (χ1n) is 31.6. The van der Waals surface area contributed by atoms with Crippen molar-refractivity contribution in [1.82, 2.24) is 20.3 Å². The van der Waals surface area contributed by atoms with Crippen molar-refractivity contribution in [3.8, 4) is 11.5 Å². The lowest BCUT2D eigenvalue weighted by molar-refractivity contribution is -0.0768. The van der Waals surface area contributed by atoms with Crippen LogP contribution >= 0.6 is 23.5 Å². The van der Waals surface area contributed by atoms with Crippen molar-refractivity contribution in [2.45, 2.75) is 45.7 Å². The number of alkyl halides is 12. The van der Waals surface area contributed by atoms with Crippen LogP contribution in [0.25, 0.3) is 43.1 Å². The van der Waals surface area contributed by atoms with Crippen LogP contribution in [0.1, 0.15) is 96.7 Å². The number of hydrogen-bond donors (Lipinski definition) is 2. The zero-order valence-corrected chi connectivity index (χ0v) is 62.1. The average molecular weight is 1740 g/mol. The minimum absolute atomic E-state index is 0.0867. The molecule has 4 heterocycles. The molecule has 0 bridgehead atoms. The van der Waals surface area contributed by atoms with E-state index in [-0.39, 0.29) is 118 Å². The van der Waals surface area contributed by atoms with E-state index in [4.69, 9.17) is 33.9 Å². The number of benzene rings is 8. The van der Waals surface area contributed by atoms with Gasteiger partial charge in [0.15, 0.2) is 0 Å². The van der Waals surface area contributed by atoms with Crippen molar-refractivity contribution in [2.75, 3.05) is 71.2 Å². The predicted octanol–water partition coefficient (Wildman–Crippen LogP) is 9.84. The highest BCUT2D eigenvalue weighted by Crippen LogP contribution is 2.42. The maximum atomic E-state index is 12.6. The molecule has 0 spiro atoms. The lowest BCUT2D eigenvalue weighted by Crippen LogP contribution is -2.44. The van der Waals surface area contributed by atoms with Gasteiger partial charge in [0.2, 0.25) is 0 Å². The van der Waals surface area contributed by atoms with Crippen molar-refractivity contribution in [3.05, 3.63) is 166 Å². The van der Waals surface area contributed by atoms with Crippen LogP contribution in [0.2, 0.25) is 0 Å². The van der Waals surface area contributed by atoms with Crippen LogP contribution in [0.4, 0.5) is 52.7 Å². The lowest BCUT2D eigenvalue weighted by Gasteiger charge is -2.26. The number of rotatable bonds is 26. The Morgan fingerprint density at radius 1 is 0.360 bits per heavy atom. The van der Waals surface area contributed by atoms with Crippen LogP contribution in [-0.2, 0) is 71.8 Å². The molecule has 114 heavy (non-hydrogen) atoms. The Hall–Kier alpha value is -9.74. The van der Waals surface area contributed by atoms with Crippen molar-refractivity contribution < 1.29 is 176 Å². The molecule has 0 saturated carbocycles. The van der Waals surface area contributed by atoms with Gasteiger partial charge >= 0.3 is 62.5 Å². The smallest absolute Gasteiger partial charge is 0.491 e. The molecular formula is C65H50F12N4O27S6. The molecule has 0 unspecified atom stereocenters. The number of nitrogens with zero attached hydrogens (tertiary/aromatic N) is 4. The molecule has 0 aromatic heterocycles. The summed E-state index contributed by atoms with van der Waals surface area (Å²) in [5.74, 6) is -9.58. The fourth-order valence-corrected chi connectivity index (χ4v) is 13.8. The Kier molecular flexibility index (Phi) is 26.9. The van der Waals surface area contributed by atoms with Gasteiger partial charge in [-0.05, 0) is 103 Å². The number of thioether (sulfide) groups is 2. The molecule has 2 N–H and O–H groups in total. The van der Waals surface area contributed by atoms with Gasteiger partial charge in [0, 0.05) is 61.4 Å². The zero-order chi connectivity index (χ0) is 84.2. The van der Waals surface area contributed by atoms with E-state index in [9.17, 15) is 125 Å². The molecular weight excluding hydrogens is 1690 g/mol. The second-order valence-electron chi connectivity index (χ2n) is 22.5. The molecule has 8 aromatic rings. The highest BCUT2D eigenvalue weighted by molar-refractivity contribution is 7.99. The van der Waals surface area contributed by atoms with Crippen LogP contribution in [0.15, 0.2) is 131 Å². The summed E-state index contributed by atoms with van der Waals surface area (Å²) in [4.78, 5) is 101. The second kappa shape index (κ2) is 34.8. The minimum atomic E-state index is -6.23. The minimum Gasteiger partial charge on any atom is -0.491 e. The van der Waals surface area contributed by atoms with E-state index in [0.29, 0.717) is 61.8 Å². The Morgan fingerprint density at radius 3 is 1.14 bits per heavy atom. The number of carbonyl (C=O) groups excluding carboxylic acids is 8. The van der Waals surface area contributed by atoms with Gasteiger partial charge in [-0.25, -0.2) is 0 Å². The first-order chi connectivity index (χ1) is 53.3. The van der Waals surface area contributed by atoms with Gasteiger partial charge in [-0.3, -0.25) is 38.4 Å². The molecule has 0 atom stereocenters. The van der Waals surface area contributed by atoms with E-state index in [1.165, 1.54) is 115 Å². The molecule has 0 saturated heterocycles. The third-order valence-corrected chi connectivity index (χ3v) is 21.0. The molecule has 4 aliphatic rings. The highest BCUT2D eigenvalue weighted by atomic mass is 32.2. The number of carbonyl (C=O) groups is 8. The standard InChI is InChI=1S/C18H16F3NO8S.C17H14F3NO7S.2C15H10F3NO6S2/c1-2-27-10-28-8-9-29-14-7-6-13-15-11(14)4-3-5-12(15)16(23)22(17(13)24)30-31(25,26)18(19,20)21;1-2-26-6-7-27-11-8-10-4-3-5-12-14(10)13(9-11)16(23)21(15(12)22)28-29(24,25)17(18,19)20;16-15(17,18)27(23,24)25-19-13(21)10-3-1-2-8-6-9(26-5-4-20)7-11(12(8)10)14(19)22;16-15(17,18)27(23,24)25-19-13(21)9-3-1-2-8-11(26-7-6-20)5-4-10(12(8)9)14(19)22/h3-7H,2,8-10H2,1H3;3-5,8-9H,2,6-7H2,1H3;1-3,6-7,20H,4-5H2;1-5,20H,6-7H2. The van der Waals surface area contributed by atoms with E-state index >= 15 is 0 Å². The number of ether oxygens (including phenoxy) is 5. The van der Waals surface area contributed by atoms with Gasteiger partial charge in [0.1, 0.15) is 31.5 Å². The van der Waals surface area contributed by atoms with E-state index < -0.39 is 130 Å². The van der Waals surface area contributed by atoms with E-state index in [2.05, 4.69) is 17.1 Å². The fraction of sp³-hybridized carbons (Fsp3) is 0.262. The Labute approximate surface area is 641 Å². The van der Waals surface area contributed by atoms with Crippen LogP contribution in [0.3, 0.4) is 0 Å². The van der Waals surface area contributed by atoms with Gasteiger partial charge in [-0.1, -0.05) is 48.5 Å². The van der Waals surface area contributed by atoms with Gasteiger partial charge in [0.05, 0.1) is 70.9 Å². The summed E-state index contributed by atoms with van der Waals surface area (Å²) >= 11 is 2.43. The predicted molar refractivity (Wildman–Crippen MR) is 368 cm³/mol. The summed E-state index contributed by atoms with van der Waals surface area (Å²) in [5.41, 5.74) is -24.8. The third-order valence-electron chi connectivity index (χ3n) is 15.3. The maximum absolute atomic E-state index is 12.6. The molecule has 0 fully saturated rings. The molecule has 0 radical (unpaired) electrons.